The zero-order valence-electron chi connectivity index (χ0n) is 13.1. The molecule has 7 heteroatoms. The Morgan fingerprint density at radius 3 is 2.60 bits per heavy atom. The summed E-state index contributed by atoms with van der Waals surface area (Å²) < 4.78 is 5.44. The van der Waals surface area contributed by atoms with Crippen LogP contribution in [0.1, 0.15) is 12.5 Å². The van der Waals surface area contributed by atoms with Crippen LogP contribution in [-0.4, -0.2) is 16.2 Å². The lowest BCUT2D eigenvalue weighted by Gasteiger charge is -2.14. The molecule has 2 aromatic rings. The predicted molar refractivity (Wildman–Crippen MR) is 105 cm³/mol. The number of carbonyl (C=O) groups is 2. The first-order valence-corrected chi connectivity index (χ1v) is 8.86. The van der Waals surface area contributed by atoms with Crippen molar-refractivity contribution in [1.82, 2.24) is 0 Å². The molecule has 1 aliphatic heterocycles. The second kappa shape index (κ2) is 7.39. The number of ether oxygens (including phenoxy) is 1. The number of hydrogen-bond donors (Lipinski definition) is 0. The van der Waals surface area contributed by atoms with E-state index in [4.69, 9.17) is 28.6 Å². The number of esters is 1. The van der Waals surface area contributed by atoms with Crippen LogP contribution in [0.4, 0.5) is 5.69 Å². The van der Waals surface area contributed by atoms with Gasteiger partial charge in [-0.15, -0.1) is 0 Å². The number of amides is 1. The van der Waals surface area contributed by atoms with E-state index in [0.29, 0.717) is 25.7 Å². The summed E-state index contributed by atoms with van der Waals surface area (Å²) in [5.41, 5.74) is 1.45. The van der Waals surface area contributed by atoms with Crippen molar-refractivity contribution in [2.75, 3.05) is 4.90 Å². The molecule has 1 amide bonds. The van der Waals surface area contributed by atoms with Crippen molar-refractivity contribution in [1.29, 1.82) is 0 Å². The highest BCUT2D eigenvalue weighted by atomic mass is 35.5. The molecule has 0 N–H and O–H groups in total. The summed E-state index contributed by atoms with van der Waals surface area (Å²) in [6.07, 6.45) is 1.75. The van der Waals surface area contributed by atoms with Crippen molar-refractivity contribution in [2.45, 2.75) is 6.92 Å². The molecule has 2 aromatic carbocycles. The van der Waals surface area contributed by atoms with Gasteiger partial charge < -0.3 is 4.74 Å². The number of rotatable bonds is 3. The van der Waals surface area contributed by atoms with Crippen LogP contribution in [0.3, 0.4) is 0 Å². The average Bonchev–Trinajstić information content (AvgIpc) is 2.83. The molecule has 126 valence electrons. The zero-order valence-corrected chi connectivity index (χ0v) is 15.5. The molecule has 4 nitrogen and oxygen atoms in total. The highest BCUT2D eigenvalue weighted by Gasteiger charge is 2.33. The molecule has 0 bridgehead atoms. The molecule has 1 heterocycles. The van der Waals surface area contributed by atoms with Gasteiger partial charge in [0.05, 0.1) is 10.6 Å². The Hall–Kier alpha value is -2.15. The van der Waals surface area contributed by atoms with Gasteiger partial charge in [-0.3, -0.25) is 14.5 Å². The standard InChI is InChI=1S/C18H12ClNO3S2/c1-11(21)23-15-7-5-12(6-8-15)9-16-17(22)20(18(24)25-16)14-4-2-3-13(19)10-14/h2-10H,1H3/b16-9+. The van der Waals surface area contributed by atoms with Crippen molar-refractivity contribution in [3.05, 3.63) is 64.0 Å². The van der Waals surface area contributed by atoms with Crippen LogP contribution in [0.25, 0.3) is 6.08 Å². The van der Waals surface area contributed by atoms with Crippen LogP contribution in [0.2, 0.25) is 5.02 Å². The third kappa shape index (κ3) is 4.10. The molecule has 0 saturated carbocycles. The molecule has 1 saturated heterocycles. The van der Waals surface area contributed by atoms with Crippen LogP contribution in [0, 0.1) is 0 Å². The van der Waals surface area contributed by atoms with Crippen LogP contribution >= 0.6 is 35.6 Å². The maximum Gasteiger partial charge on any atom is 0.308 e. The van der Waals surface area contributed by atoms with Crippen LogP contribution in [0.5, 0.6) is 5.75 Å². The maximum absolute atomic E-state index is 12.7. The predicted octanol–water partition coefficient (Wildman–Crippen LogP) is 4.67. The first-order chi connectivity index (χ1) is 11.9. The van der Waals surface area contributed by atoms with Gasteiger partial charge in [0.15, 0.2) is 4.32 Å². The minimum atomic E-state index is -0.379. The van der Waals surface area contributed by atoms with E-state index in [1.54, 1.807) is 54.6 Å². The lowest BCUT2D eigenvalue weighted by Crippen LogP contribution is -2.27. The van der Waals surface area contributed by atoms with E-state index < -0.39 is 0 Å². The number of thioether (sulfide) groups is 1. The SMILES string of the molecule is CC(=O)Oc1ccc(/C=C2/SC(=S)N(c3cccc(Cl)c3)C2=O)cc1. The smallest absolute Gasteiger partial charge is 0.308 e. The highest BCUT2D eigenvalue weighted by molar-refractivity contribution is 8.27. The van der Waals surface area contributed by atoms with E-state index in [1.807, 2.05) is 0 Å². The van der Waals surface area contributed by atoms with E-state index >= 15 is 0 Å². The van der Waals surface area contributed by atoms with Gasteiger partial charge in [-0.05, 0) is 42.0 Å². The summed E-state index contributed by atoms with van der Waals surface area (Å²) in [5.74, 6) is -0.118. The maximum atomic E-state index is 12.7. The lowest BCUT2D eigenvalue weighted by atomic mass is 10.2. The number of halogens is 1. The van der Waals surface area contributed by atoms with Gasteiger partial charge in [-0.25, -0.2) is 0 Å². The van der Waals surface area contributed by atoms with E-state index in [1.165, 1.54) is 23.6 Å². The van der Waals surface area contributed by atoms with Gasteiger partial charge in [-0.2, -0.15) is 0 Å². The number of carbonyl (C=O) groups excluding carboxylic acids is 2. The van der Waals surface area contributed by atoms with Crippen LogP contribution in [-0.2, 0) is 9.59 Å². The second-order valence-electron chi connectivity index (χ2n) is 5.16. The van der Waals surface area contributed by atoms with Crippen LogP contribution < -0.4 is 9.64 Å². The molecular weight excluding hydrogens is 378 g/mol. The van der Waals surface area contributed by atoms with E-state index in [0.717, 1.165) is 5.56 Å². The van der Waals surface area contributed by atoms with Crippen molar-refractivity contribution in [3.63, 3.8) is 0 Å². The van der Waals surface area contributed by atoms with Gasteiger partial charge in [0.1, 0.15) is 5.75 Å². The van der Waals surface area contributed by atoms with Gasteiger partial charge in [-0.1, -0.05) is 53.8 Å². The third-order valence-electron chi connectivity index (χ3n) is 3.30. The third-order valence-corrected chi connectivity index (χ3v) is 4.84. The van der Waals surface area contributed by atoms with Crippen molar-refractivity contribution in [2.24, 2.45) is 0 Å². The fraction of sp³-hybridized carbons (Fsp3) is 0.0556. The number of hydrogen-bond acceptors (Lipinski definition) is 5. The molecule has 0 radical (unpaired) electrons. The molecule has 0 spiro atoms. The van der Waals surface area contributed by atoms with Crippen molar-refractivity contribution in [3.8, 4) is 5.75 Å². The first kappa shape index (κ1) is 17.7. The Kier molecular flexibility index (Phi) is 5.22. The Balaban J connectivity index is 1.84. The monoisotopic (exact) mass is 389 g/mol. The minimum absolute atomic E-state index is 0.193. The molecule has 1 aliphatic rings. The highest BCUT2D eigenvalue weighted by Crippen LogP contribution is 2.36. The quantitative estimate of drug-likeness (QED) is 0.330. The van der Waals surface area contributed by atoms with E-state index in [9.17, 15) is 9.59 Å². The van der Waals surface area contributed by atoms with Crippen LogP contribution in [0.15, 0.2) is 53.4 Å². The lowest BCUT2D eigenvalue weighted by molar-refractivity contribution is -0.131. The van der Waals surface area contributed by atoms with Gasteiger partial charge in [0, 0.05) is 11.9 Å². The summed E-state index contributed by atoms with van der Waals surface area (Å²) in [7, 11) is 0. The molecule has 0 aliphatic carbocycles. The molecule has 25 heavy (non-hydrogen) atoms. The Bertz CT molecular complexity index is 893. The first-order valence-electron chi connectivity index (χ1n) is 7.26. The van der Waals surface area contributed by atoms with Crippen molar-refractivity contribution >= 4 is 63.5 Å². The molecular formula is C18H12ClNO3S2. The fourth-order valence-electron chi connectivity index (χ4n) is 2.25. The van der Waals surface area contributed by atoms with Crippen molar-refractivity contribution < 1.29 is 14.3 Å². The summed E-state index contributed by atoms with van der Waals surface area (Å²) >= 11 is 12.6. The number of anilines is 1. The second-order valence-corrected chi connectivity index (χ2v) is 7.27. The largest absolute Gasteiger partial charge is 0.427 e. The molecule has 0 aromatic heterocycles. The molecule has 1 fully saturated rings. The van der Waals surface area contributed by atoms with Gasteiger partial charge in [0.25, 0.3) is 5.91 Å². The van der Waals surface area contributed by atoms with E-state index in [2.05, 4.69) is 0 Å². The topological polar surface area (TPSA) is 46.6 Å². The Morgan fingerprint density at radius 2 is 1.96 bits per heavy atom. The Morgan fingerprint density at radius 1 is 1.24 bits per heavy atom. The van der Waals surface area contributed by atoms with Gasteiger partial charge >= 0.3 is 5.97 Å². The molecule has 0 unspecified atom stereocenters. The summed E-state index contributed by atoms with van der Waals surface area (Å²) in [6.45, 7) is 1.34. The number of thiocarbonyl (C=S) groups is 1. The number of nitrogens with zero attached hydrogens (tertiary/aromatic N) is 1. The zero-order chi connectivity index (χ0) is 18.0. The normalized spacial score (nSPS) is 15.8. The average molecular weight is 390 g/mol. The summed E-state index contributed by atoms with van der Waals surface area (Å²) in [5, 5.41) is 0.539. The molecule has 3 rings (SSSR count). The van der Waals surface area contributed by atoms with E-state index in [-0.39, 0.29) is 11.9 Å². The minimum Gasteiger partial charge on any atom is -0.427 e. The molecule has 0 atom stereocenters. The summed E-state index contributed by atoms with van der Waals surface area (Å²) in [4.78, 5) is 25.6. The van der Waals surface area contributed by atoms with Gasteiger partial charge in [0.2, 0.25) is 0 Å². The fourth-order valence-corrected chi connectivity index (χ4v) is 3.74. The Labute approximate surface area is 159 Å². The number of benzene rings is 2. The summed E-state index contributed by atoms with van der Waals surface area (Å²) in [6, 6.07) is 13.9.